The maximum Gasteiger partial charge on any atom is 0.341 e. The molecule has 5 nitrogen and oxygen atoms in total. The molecule has 1 saturated heterocycles. The Morgan fingerprint density at radius 2 is 1.92 bits per heavy atom. The summed E-state index contributed by atoms with van der Waals surface area (Å²) < 4.78 is 5.25. The number of carbonyl (C=O) groups is 1. The topological polar surface area (TPSA) is 45.7 Å². The minimum atomic E-state index is -0.294. The van der Waals surface area contributed by atoms with Crippen LogP contribution in [0.15, 0.2) is 30.5 Å². The predicted octanol–water partition coefficient (Wildman–Crippen LogP) is 2.94. The lowest BCUT2D eigenvalue weighted by atomic mass is 10.1. The van der Waals surface area contributed by atoms with Gasteiger partial charge >= 0.3 is 5.97 Å². The van der Waals surface area contributed by atoms with Crippen molar-refractivity contribution in [2.24, 2.45) is 0 Å². The van der Waals surface area contributed by atoms with E-state index in [2.05, 4.69) is 28.6 Å². The summed E-state index contributed by atoms with van der Waals surface area (Å²) in [6.07, 6.45) is 1.66. The molecule has 1 aromatic carbocycles. The van der Waals surface area contributed by atoms with E-state index < -0.39 is 0 Å². The molecule has 2 heterocycles. The molecule has 0 atom stereocenters. The Kier molecular flexibility index (Phi) is 5.00. The molecule has 0 spiro atoms. The summed E-state index contributed by atoms with van der Waals surface area (Å²) in [6, 6.07) is 8.53. The molecule has 1 fully saturated rings. The largest absolute Gasteiger partial charge is 0.462 e. The standard InChI is InChI=1S/C19H25N3O2/c1-4-24-19(23)16-13-20-17-8-6-5-7-15(17)18(16)22-11-9-21(10-12-22)14(2)3/h5-8,13-14H,4,9-12H2,1-3H3. The van der Waals surface area contributed by atoms with E-state index >= 15 is 0 Å². The van der Waals surface area contributed by atoms with Gasteiger partial charge in [0.15, 0.2) is 0 Å². The van der Waals surface area contributed by atoms with Crippen molar-refractivity contribution in [3.63, 3.8) is 0 Å². The van der Waals surface area contributed by atoms with Gasteiger partial charge in [-0.05, 0) is 26.8 Å². The van der Waals surface area contributed by atoms with Crippen molar-refractivity contribution in [2.45, 2.75) is 26.8 Å². The van der Waals surface area contributed by atoms with Crippen LogP contribution in [0.25, 0.3) is 10.9 Å². The molecule has 0 amide bonds. The van der Waals surface area contributed by atoms with E-state index in [1.54, 1.807) is 6.20 Å². The maximum atomic E-state index is 12.4. The lowest BCUT2D eigenvalue weighted by molar-refractivity contribution is 0.0526. The van der Waals surface area contributed by atoms with Crippen molar-refractivity contribution in [2.75, 3.05) is 37.7 Å². The predicted molar refractivity (Wildman–Crippen MR) is 96.6 cm³/mol. The van der Waals surface area contributed by atoms with Gasteiger partial charge in [-0.15, -0.1) is 0 Å². The fourth-order valence-corrected chi connectivity index (χ4v) is 3.29. The van der Waals surface area contributed by atoms with E-state index in [9.17, 15) is 4.79 Å². The molecule has 1 aromatic heterocycles. The number of ether oxygens (including phenoxy) is 1. The molecule has 0 unspecified atom stereocenters. The first-order chi connectivity index (χ1) is 11.6. The highest BCUT2D eigenvalue weighted by Crippen LogP contribution is 2.31. The van der Waals surface area contributed by atoms with E-state index in [1.807, 2.05) is 31.2 Å². The van der Waals surface area contributed by atoms with Crippen molar-refractivity contribution in [1.29, 1.82) is 0 Å². The monoisotopic (exact) mass is 327 g/mol. The lowest BCUT2D eigenvalue weighted by Crippen LogP contribution is -2.49. The van der Waals surface area contributed by atoms with Crippen LogP contribution in [-0.2, 0) is 4.74 Å². The minimum Gasteiger partial charge on any atom is -0.462 e. The quantitative estimate of drug-likeness (QED) is 0.808. The van der Waals surface area contributed by atoms with Crippen LogP contribution >= 0.6 is 0 Å². The number of para-hydroxylation sites is 1. The summed E-state index contributed by atoms with van der Waals surface area (Å²) in [5.74, 6) is -0.294. The van der Waals surface area contributed by atoms with E-state index in [4.69, 9.17) is 4.74 Å². The Morgan fingerprint density at radius 1 is 1.21 bits per heavy atom. The summed E-state index contributed by atoms with van der Waals surface area (Å²) in [4.78, 5) is 21.6. The first kappa shape index (κ1) is 16.7. The molecule has 0 bridgehead atoms. The number of hydrogen-bond acceptors (Lipinski definition) is 5. The zero-order valence-corrected chi connectivity index (χ0v) is 14.7. The molecule has 0 aliphatic carbocycles. The van der Waals surface area contributed by atoms with Crippen LogP contribution in [0.3, 0.4) is 0 Å². The van der Waals surface area contributed by atoms with Crippen LogP contribution in [0.4, 0.5) is 5.69 Å². The van der Waals surface area contributed by atoms with Gasteiger partial charge in [-0.1, -0.05) is 18.2 Å². The molecular formula is C19H25N3O2. The van der Waals surface area contributed by atoms with Gasteiger partial charge in [-0.2, -0.15) is 0 Å². The lowest BCUT2D eigenvalue weighted by Gasteiger charge is -2.39. The highest BCUT2D eigenvalue weighted by molar-refractivity contribution is 6.05. The fourth-order valence-electron chi connectivity index (χ4n) is 3.29. The van der Waals surface area contributed by atoms with Gasteiger partial charge in [-0.25, -0.2) is 4.79 Å². The Labute approximate surface area is 143 Å². The minimum absolute atomic E-state index is 0.294. The summed E-state index contributed by atoms with van der Waals surface area (Å²) >= 11 is 0. The van der Waals surface area contributed by atoms with Gasteiger partial charge in [0, 0.05) is 43.8 Å². The average molecular weight is 327 g/mol. The zero-order chi connectivity index (χ0) is 17.1. The fraction of sp³-hybridized carbons (Fsp3) is 0.474. The van der Waals surface area contributed by atoms with Gasteiger partial charge in [-0.3, -0.25) is 9.88 Å². The number of esters is 1. The summed E-state index contributed by atoms with van der Waals surface area (Å²) in [5, 5.41) is 1.01. The molecule has 0 radical (unpaired) electrons. The van der Waals surface area contributed by atoms with Crippen LogP contribution in [-0.4, -0.2) is 54.7 Å². The summed E-state index contributed by atoms with van der Waals surface area (Å²) in [6.45, 7) is 10.4. The Balaban J connectivity index is 2.01. The third kappa shape index (κ3) is 3.22. The normalized spacial score (nSPS) is 15.9. The zero-order valence-electron chi connectivity index (χ0n) is 14.7. The molecule has 24 heavy (non-hydrogen) atoms. The van der Waals surface area contributed by atoms with Gasteiger partial charge in [0.25, 0.3) is 0 Å². The molecule has 1 aliphatic rings. The Morgan fingerprint density at radius 3 is 2.58 bits per heavy atom. The van der Waals surface area contributed by atoms with Crippen molar-refractivity contribution >= 4 is 22.6 Å². The summed E-state index contributed by atoms with van der Waals surface area (Å²) in [7, 11) is 0. The second-order valence-corrected chi connectivity index (χ2v) is 6.37. The second-order valence-electron chi connectivity index (χ2n) is 6.37. The van der Waals surface area contributed by atoms with E-state index in [0.717, 1.165) is 42.8 Å². The molecule has 2 aromatic rings. The SMILES string of the molecule is CCOC(=O)c1cnc2ccccc2c1N1CCN(C(C)C)CC1. The molecule has 3 rings (SSSR count). The molecule has 1 aliphatic heterocycles. The third-order valence-corrected chi connectivity index (χ3v) is 4.60. The highest BCUT2D eigenvalue weighted by Gasteiger charge is 2.25. The highest BCUT2D eigenvalue weighted by atomic mass is 16.5. The van der Waals surface area contributed by atoms with Crippen LogP contribution in [0.2, 0.25) is 0 Å². The molecule has 5 heteroatoms. The van der Waals surface area contributed by atoms with Crippen molar-refractivity contribution < 1.29 is 9.53 Å². The smallest absolute Gasteiger partial charge is 0.341 e. The van der Waals surface area contributed by atoms with Crippen molar-refractivity contribution in [3.05, 3.63) is 36.0 Å². The maximum absolute atomic E-state index is 12.4. The number of piperazine rings is 1. The first-order valence-electron chi connectivity index (χ1n) is 8.65. The van der Waals surface area contributed by atoms with Gasteiger partial charge in [0.05, 0.1) is 17.8 Å². The average Bonchev–Trinajstić information content (AvgIpc) is 2.61. The van der Waals surface area contributed by atoms with E-state index in [-0.39, 0.29) is 5.97 Å². The number of benzene rings is 1. The number of nitrogens with zero attached hydrogens (tertiary/aromatic N) is 3. The molecule has 128 valence electrons. The Hall–Kier alpha value is -2.14. The number of aromatic nitrogens is 1. The van der Waals surface area contributed by atoms with E-state index in [1.165, 1.54) is 0 Å². The number of carbonyl (C=O) groups excluding carboxylic acids is 1. The molecular weight excluding hydrogens is 302 g/mol. The number of hydrogen-bond donors (Lipinski definition) is 0. The van der Waals surface area contributed by atoms with Crippen molar-refractivity contribution in [1.82, 2.24) is 9.88 Å². The number of fused-ring (bicyclic) bond motifs is 1. The number of pyridine rings is 1. The third-order valence-electron chi connectivity index (χ3n) is 4.60. The Bertz CT molecular complexity index is 722. The molecule has 0 saturated carbocycles. The van der Waals surface area contributed by atoms with Gasteiger partial charge in [0.1, 0.15) is 5.56 Å². The van der Waals surface area contributed by atoms with Crippen LogP contribution < -0.4 is 4.90 Å². The van der Waals surface area contributed by atoms with Gasteiger partial charge < -0.3 is 9.64 Å². The van der Waals surface area contributed by atoms with Crippen LogP contribution in [0.1, 0.15) is 31.1 Å². The number of anilines is 1. The van der Waals surface area contributed by atoms with Crippen molar-refractivity contribution in [3.8, 4) is 0 Å². The van der Waals surface area contributed by atoms with Crippen LogP contribution in [0.5, 0.6) is 0 Å². The summed E-state index contributed by atoms with van der Waals surface area (Å²) in [5.41, 5.74) is 2.43. The second kappa shape index (κ2) is 7.18. The first-order valence-corrected chi connectivity index (χ1v) is 8.65. The van der Waals surface area contributed by atoms with Gasteiger partial charge in [0.2, 0.25) is 0 Å². The van der Waals surface area contributed by atoms with Crippen LogP contribution in [0, 0.1) is 0 Å². The number of rotatable bonds is 4. The van der Waals surface area contributed by atoms with E-state index in [0.29, 0.717) is 18.2 Å². The molecule has 0 N–H and O–H groups in total.